The summed E-state index contributed by atoms with van der Waals surface area (Å²) < 4.78 is 0. The SMILES string of the molecule is Cc1ccc(NC(=O)c2ccc3c(c2)[C@@H]2[C@H]4CC[C@@H](C4)[C@H]2[C@H](c2ccccc2)N3)cc1C. The summed E-state index contributed by atoms with van der Waals surface area (Å²) in [6.45, 7) is 4.17. The molecule has 1 amide bonds. The Hall–Kier alpha value is -3.07. The smallest absolute Gasteiger partial charge is 0.255 e. The van der Waals surface area contributed by atoms with E-state index in [9.17, 15) is 4.79 Å². The fourth-order valence-electron chi connectivity index (χ4n) is 6.64. The molecule has 1 heterocycles. The highest BCUT2D eigenvalue weighted by Crippen LogP contribution is 2.63. The Morgan fingerprint density at radius 1 is 0.906 bits per heavy atom. The standard InChI is InChI=1S/C29H30N2O/c1-17-8-12-23(14-18(17)2)30-29(32)22-11-13-25-24(16-22)26-20-9-10-21(15-20)27(26)28(31-25)19-6-4-3-5-7-19/h3-8,11-14,16,20-21,26-28,31H,9-10,15H2,1-2H3,(H,30,32)/t20-,21-,26-,27+,28-/m0/s1. The Labute approximate surface area is 190 Å². The van der Waals surface area contributed by atoms with Crippen LogP contribution in [0.25, 0.3) is 0 Å². The summed E-state index contributed by atoms with van der Waals surface area (Å²) in [5, 5.41) is 6.97. The molecule has 3 heteroatoms. The number of fused-ring (bicyclic) bond motifs is 7. The Morgan fingerprint density at radius 2 is 1.72 bits per heavy atom. The molecule has 2 fully saturated rings. The third-order valence-corrected chi connectivity index (χ3v) is 8.27. The molecule has 6 rings (SSSR count). The minimum atomic E-state index is -0.0269. The Kier molecular flexibility index (Phi) is 4.60. The van der Waals surface area contributed by atoms with Gasteiger partial charge in [-0.2, -0.15) is 0 Å². The van der Waals surface area contributed by atoms with E-state index in [0.717, 1.165) is 23.1 Å². The molecule has 0 aromatic heterocycles. The van der Waals surface area contributed by atoms with Crippen molar-refractivity contribution < 1.29 is 4.79 Å². The van der Waals surface area contributed by atoms with Gasteiger partial charge in [0.25, 0.3) is 5.91 Å². The number of aryl methyl sites for hydroxylation is 2. The molecule has 2 N–H and O–H groups in total. The van der Waals surface area contributed by atoms with Gasteiger partial charge in [0, 0.05) is 16.9 Å². The first kappa shape index (κ1) is 19.6. The molecule has 5 atom stereocenters. The highest BCUT2D eigenvalue weighted by molar-refractivity contribution is 6.04. The third kappa shape index (κ3) is 3.14. The van der Waals surface area contributed by atoms with Gasteiger partial charge in [0.1, 0.15) is 0 Å². The molecule has 32 heavy (non-hydrogen) atoms. The zero-order valence-corrected chi connectivity index (χ0v) is 18.8. The van der Waals surface area contributed by atoms with Crippen LogP contribution in [-0.4, -0.2) is 5.91 Å². The fraction of sp³-hybridized carbons (Fsp3) is 0.345. The lowest BCUT2D eigenvalue weighted by molar-refractivity contribution is 0.102. The average molecular weight is 423 g/mol. The van der Waals surface area contributed by atoms with Crippen molar-refractivity contribution in [3.05, 3.63) is 94.5 Å². The molecule has 3 aromatic rings. The lowest BCUT2D eigenvalue weighted by atomic mass is 9.68. The predicted molar refractivity (Wildman–Crippen MR) is 130 cm³/mol. The van der Waals surface area contributed by atoms with Crippen molar-refractivity contribution in [3.63, 3.8) is 0 Å². The van der Waals surface area contributed by atoms with Crippen molar-refractivity contribution in [1.82, 2.24) is 0 Å². The highest BCUT2D eigenvalue weighted by atomic mass is 16.1. The molecule has 2 aliphatic carbocycles. The van der Waals surface area contributed by atoms with Crippen LogP contribution in [0, 0.1) is 31.6 Å². The largest absolute Gasteiger partial charge is 0.378 e. The maximum Gasteiger partial charge on any atom is 0.255 e. The van der Waals surface area contributed by atoms with E-state index in [0.29, 0.717) is 17.9 Å². The second-order valence-corrected chi connectivity index (χ2v) is 10.0. The van der Waals surface area contributed by atoms with Crippen molar-refractivity contribution in [3.8, 4) is 0 Å². The minimum Gasteiger partial charge on any atom is -0.378 e. The third-order valence-electron chi connectivity index (χ3n) is 8.27. The first-order valence-electron chi connectivity index (χ1n) is 11.9. The lowest BCUT2D eigenvalue weighted by Gasteiger charge is -2.43. The molecule has 0 spiro atoms. The number of nitrogens with one attached hydrogen (secondary N) is 2. The summed E-state index contributed by atoms with van der Waals surface area (Å²) in [5.41, 5.74) is 7.97. The molecule has 3 nitrogen and oxygen atoms in total. The maximum atomic E-state index is 13.1. The van der Waals surface area contributed by atoms with Gasteiger partial charge < -0.3 is 10.6 Å². The number of amides is 1. The second-order valence-electron chi connectivity index (χ2n) is 10.0. The molecular formula is C29H30N2O. The normalized spacial score (nSPS) is 27.4. The van der Waals surface area contributed by atoms with Gasteiger partial charge in [-0.1, -0.05) is 36.4 Å². The molecule has 3 aliphatic rings. The first-order valence-corrected chi connectivity index (χ1v) is 11.9. The van der Waals surface area contributed by atoms with Crippen LogP contribution in [0.4, 0.5) is 11.4 Å². The Morgan fingerprint density at radius 3 is 2.53 bits per heavy atom. The van der Waals surface area contributed by atoms with Gasteiger partial charge in [0.15, 0.2) is 0 Å². The Bertz CT molecular complexity index is 1190. The molecule has 162 valence electrons. The van der Waals surface area contributed by atoms with Crippen LogP contribution in [-0.2, 0) is 0 Å². The monoisotopic (exact) mass is 422 g/mol. The van der Waals surface area contributed by atoms with Gasteiger partial charge >= 0.3 is 0 Å². The quantitative estimate of drug-likeness (QED) is 0.484. The summed E-state index contributed by atoms with van der Waals surface area (Å²) in [7, 11) is 0. The molecule has 3 aromatic carbocycles. The number of benzene rings is 3. The van der Waals surface area contributed by atoms with Crippen molar-refractivity contribution in [2.75, 3.05) is 10.6 Å². The van der Waals surface area contributed by atoms with Crippen molar-refractivity contribution in [2.45, 2.75) is 45.1 Å². The van der Waals surface area contributed by atoms with Crippen LogP contribution >= 0.6 is 0 Å². The molecule has 0 radical (unpaired) electrons. The predicted octanol–water partition coefficient (Wildman–Crippen LogP) is 6.85. The van der Waals surface area contributed by atoms with Crippen LogP contribution < -0.4 is 10.6 Å². The van der Waals surface area contributed by atoms with Gasteiger partial charge in [0.05, 0.1) is 6.04 Å². The maximum absolute atomic E-state index is 13.1. The number of rotatable bonds is 3. The van der Waals surface area contributed by atoms with Gasteiger partial charge in [-0.25, -0.2) is 0 Å². The number of hydrogen-bond donors (Lipinski definition) is 2. The van der Waals surface area contributed by atoms with Crippen LogP contribution in [0.3, 0.4) is 0 Å². The summed E-state index contributed by atoms with van der Waals surface area (Å²) >= 11 is 0. The zero-order chi connectivity index (χ0) is 21.8. The molecular weight excluding hydrogens is 392 g/mol. The van der Waals surface area contributed by atoms with E-state index >= 15 is 0 Å². The van der Waals surface area contributed by atoms with Gasteiger partial charge in [-0.05, 0) is 109 Å². The second kappa shape index (κ2) is 7.51. The topological polar surface area (TPSA) is 41.1 Å². The van der Waals surface area contributed by atoms with E-state index in [2.05, 4.69) is 73.0 Å². The molecule has 2 saturated carbocycles. The summed E-state index contributed by atoms with van der Waals surface area (Å²) in [4.78, 5) is 13.1. The first-order chi connectivity index (χ1) is 15.6. The number of anilines is 2. The van der Waals surface area contributed by atoms with Crippen molar-refractivity contribution in [1.29, 1.82) is 0 Å². The highest BCUT2D eigenvalue weighted by Gasteiger charge is 2.53. The van der Waals surface area contributed by atoms with E-state index in [4.69, 9.17) is 0 Å². The van der Waals surface area contributed by atoms with Gasteiger partial charge in [-0.15, -0.1) is 0 Å². The molecule has 1 aliphatic heterocycles. The summed E-state index contributed by atoms with van der Waals surface area (Å²) in [6, 6.07) is 23.6. The molecule has 0 unspecified atom stereocenters. The van der Waals surface area contributed by atoms with E-state index in [1.165, 1.54) is 47.2 Å². The number of carbonyl (C=O) groups excluding carboxylic acids is 1. The average Bonchev–Trinajstić information content (AvgIpc) is 3.44. The van der Waals surface area contributed by atoms with E-state index < -0.39 is 0 Å². The van der Waals surface area contributed by atoms with Crippen LogP contribution in [0.1, 0.15) is 63.8 Å². The van der Waals surface area contributed by atoms with Gasteiger partial charge in [0.2, 0.25) is 0 Å². The Balaban J connectivity index is 1.34. The van der Waals surface area contributed by atoms with E-state index in [-0.39, 0.29) is 5.91 Å². The van der Waals surface area contributed by atoms with Crippen LogP contribution in [0.15, 0.2) is 66.7 Å². The van der Waals surface area contributed by atoms with Gasteiger partial charge in [-0.3, -0.25) is 4.79 Å². The van der Waals surface area contributed by atoms with Crippen LogP contribution in [0.2, 0.25) is 0 Å². The molecule has 2 bridgehead atoms. The van der Waals surface area contributed by atoms with Crippen molar-refractivity contribution >= 4 is 17.3 Å². The summed E-state index contributed by atoms with van der Waals surface area (Å²) in [6.07, 6.45) is 4.00. The van der Waals surface area contributed by atoms with Crippen molar-refractivity contribution in [2.24, 2.45) is 17.8 Å². The number of hydrogen-bond acceptors (Lipinski definition) is 2. The van der Waals surface area contributed by atoms with E-state index in [1.54, 1.807) is 0 Å². The lowest BCUT2D eigenvalue weighted by Crippen LogP contribution is -2.35. The summed E-state index contributed by atoms with van der Waals surface area (Å²) in [5.74, 6) is 2.66. The number of carbonyl (C=O) groups is 1. The van der Waals surface area contributed by atoms with Crippen LogP contribution in [0.5, 0.6) is 0 Å². The zero-order valence-electron chi connectivity index (χ0n) is 18.8. The van der Waals surface area contributed by atoms with E-state index in [1.807, 2.05) is 18.2 Å². The molecule has 0 saturated heterocycles. The minimum absolute atomic E-state index is 0.0269. The fourth-order valence-corrected chi connectivity index (χ4v) is 6.64.